The van der Waals surface area contributed by atoms with Gasteiger partial charge in [-0.15, -0.1) is 11.8 Å². The second kappa shape index (κ2) is 7.09. The summed E-state index contributed by atoms with van der Waals surface area (Å²) in [5.74, 6) is 0.223. The second-order valence-corrected chi connectivity index (χ2v) is 7.50. The number of amides is 1. The molecule has 2 aromatic carbocycles. The van der Waals surface area contributed by atoms with E-state index >= 15 is 0 Å². The van der Waals surface area contributed by atoms with Crippen LogP contribution in [0.1, 0.15) is 26.9 Å². The minimum atomic E-state index is -4.49. The summed E-state index contributed by atoms with van der Waals surface area (Å²) in [6, 6.07) is 9.46. The van der Waals surface area contributed by atoms with E-state index in [4.69, 9.17) is 23.2 Å². The van der Waals surface area contributed by atoms with E-state index in [-0.39, 0.29) is 10.9 Å². The molecule has 0 aliphatic carbocycles. The first kappa shape index (κ1) is 18.4. The van der Waals surface area contributed by atoms with Crippen LogP contribution in [0.5, 0.6) is 0 Å². The highest BCUT2D eigenvalue weighted by Gasteiger charge is 2.35. The lowest BCUT2D eigenvalue weighted by Gasteiger charge is -2.25. The van der Waals surface area contributed by atoms with E-state index in [0.29, 0.717) is 27.9 Å². The van der Waals surface area contributed by atoms with Gasteiger partial charge in [-0.1, -0.05) is 35.3 Å². The van der Waals surface area contributed by atoms with E-state index in [2.05, 4.69) is 0 Å². The van der Waals surface area contributed by atoms with Crippen molar-refractivity contribution in [3.8, 4) is 0 Å². The Morgan fingerprint density at radius 1 is 1.16 bits per heavy atom. The molecule has 1 fully saturated rings. The highest BCUT2D eigenvalue weighted by molar-refractivity contribution is 7.99. The molecule has 0 radical (unpaired) electrons. The first-order valence-corrected chi connectivity index (χ1v) is 9.12. The van der Waals surface area contributed by atoms with Crippen LogP contribution in [0.2, 0.25) is 10.0 Å². The molecular formula is C17H12Cl2F3NOS. The van der Waals surface area contributed by atoms with E-state index < -0.39 is 17.6 Å². The molecule has 0 saturated carbocycles. The molecule has 0 aromatic heterocycles. The number of benzene rings is 2. The monoisotopic (exact) mass is 405 g/mol. The van der Waals surface area contributed by atoms with E-state index in [1.165, 1.54) is 28.8 Å². The lowest BCUT2D eigenvalue weighted by Crippen LogP contribution is -2.30. The Morgan fingerprint density at radius 3 is 2.60 bits per heavy atom. The summed E-state index contributed by atoms with van der Waals surface area (Å²) in [4.78, 5) is 14.3. The molecule has 0 spiro atoms. The van der Waals surface area contributed by atoms with Crippen molar-refractivity contribution in [2.75, 3.05) is 12.3 Å². The quantitative estimate of drug-likeness (QED) is 0.619. The highest BCUT2D eigenvalue weighted by atomic mass is 35.5. The van der Waals surface area contributed by atoms with Gasteiger partial charge in [0, 0.05) is 33.5 Å². The fourth-order valence-corrected chi connectivity index (χ4v) is 4.50. The predicted octanol–water partition coefficient (Wildman–Crippen LogP) is 5.90. The van der Waals surface area contributed by atoms with Gasteiger partial charge in [0.25, 0.3) is 5.91 Å². The zero-order valence-corrected chi connectivity index (χ0v) is 15.0. The number of hydrogen-bond acceptors (Lipinski definition) is 2. The summed E-state index contributed by atoms with van der Waals surface area (Å²) in [5, 5.41) is 0.549. The van der Waals surface area contributed by atoms with Gasteiger partial charge < -0.3 is 4.90 Å². The molecule has 3 rings (SSSR count). The zero-order valence-electron chi connectivity index (χ0n) is 12.7. The lowest BCUT2D eigenvalue weighted by molar-refractivity contribution is -0.137. The van der Waals surface area contributed by atoms with Crippen LogP contribution >= 0.6 is 35.0 Å². The van der Waals surface area contributed by atoms with Crippen molar-refractivity contribution < 1.29 is 18.0 Å². The highest BCUT2D eigenvalue weighted by Crippen LogP contribution is 2.42. The number of nitrogens with zero attached hydrogens (tertiary/aromatic N) is 1. The third-order valence-corrected chi connectivity index (χ3v) is 5.62. The van der Waals surface area contributed by atoms with E-state index in [1.54, 1.807) is 18.2 Å². The zero-order chi connectivity index (χ0) is 18.2. The Kier molecular flexibility index (Phi) is 5.23. The number of hydrogen-bond donors (Lipinski definition) is 0. The Balaban J connectivity index is 1.91. The molecule has 1 saturated heterocycles. The van der Waals surface area contributed by atoms with Gasteiger partial charge in [-0.3, -0.25) is 4.79 Å². The molecule has 1 aliphatic rings. The van der Waals surface area contributed by atoms with Gasteiger partial charge in [0.2, 0.25) is 0 Å². The normalized spacial score (nSPS) is 17.8. The van der Waals surface area contributed by atoms with Crippen LogP contribution in [0.25, 0.3) is 0 Å². The molecule has 2 aromatic rings. The molecule has 8 heteroatoms. The number of alkyl halides is 3. The molecule has 1 aliphatic heterocycles. The van der Waals surface area contributed by atoms with E-state index in [9.17, 15) is 18.0 Å². The summed E-state index contributed by atoms with van der Waals surface area (Å²) in [6.07, 6.45) is -4.49. The lowest BCUT2D eigenvalue weighted by atomic mass is 10.1. The second-order valence-electron chi connectivity index (χ2n) is 5.47. The molecule has 1 heterocycles. The summed E-state index contributed by atoms with van der Waals surface area (Å²) in [7, 11) is 0. The minimum Gasteiger partial charge on any atom is -0.322 e. The Bertz CT molecular complexity index is 813. The Morgan fingerprint density at radius 2 is 1.92 bits per heavy atom. The summed E-state index contributed by atoms with van der Waals surface area (Å²) < 4.78 is 38.6. The van der Waals surface area contributed by atoms with Crippen LogP contribution < -0.4 is 0 Å². The van der Waals surface area contributed by atoms with Crippen molar-refractivity contribution in [1.82, 2.24) is 4.90 Å². The summed E-state index contributed by atoms with van der Waals surface area (Å²) in [5.41, 5.74) is -0.118. The average Bonchev–Trinajstić information content (AvgIpc) is 3.03. The predicted molar refractivity (Wildman–Crippen MR) is 94.1 cm³/mol. The SMILES string of the molecule is O=C(c1cccc(C(F)(F)F)c1)N1CCS[C@H]1c1ccc(Cl)cc1Cl. The number of rotatable bonds is 2. The van der Waals surface area contributed by atoms with Crippen molar-refractivity contribution in [2.45, 2.75) is 11.6 Å². The topological polar surface area (TPSA) is 20.3 Å². The van der Waals surface area contributed by atoms with Gasteiger partial charge in [0.1, 0.15) is 5.37 Å². The average molecular weight is 406 g/mol. The third kappa shape index (κ3) is 3.91. The molecule has 0 bridgehead atoms. The van der Waals surface area contributed by atoms with Crippen molar-refractivity contribution in [2.24, 2.45) is 0 Å². The van der Waals surface area contributed by atoms with Crippen LogP contribution in [0.15, 0.2) is 42.5 Å². The van der Waals surface area contributed by atoms with E-state index in [0.717, 1.165) is 12.1 Å². The maximum Gasteiger partial charge on any atom is 0.416 e. The van der Waals surface area contributed by atoms with Crippen molar-refractivity contribution in [3.63, 3.8) is 0 Å². The molecule has 2 nitrogen and oxygen atoms in total. The van der Waals surface area contributed by atoms with Crippen LogP contribution in [-0.2, 0) is 6.18 Å². The third-order valence-electron chi connectivity index (χ3n) is 3.82. The smallest absolute Gasteiger partial charge is 0.322 e. The molecule has 0 unspecified atom stereocenters. The molecule has 1 atom stereocenters. The van der Waals surface area contributed by atoms with Gasteiger partial charge in [-0.25, -0.2) is 0 Å². The van der Waals surface area contributed by atoms with Crippen LogP contribution in [-0.4, -0.2) is 23.1 Å². The van der Waals surface area contributed by atoms with E-state index in [1.807, 2.05) is 0 Å². The fraction of sp³-hybridized carbons (Fsp3) is 0.235. The van der Waals surface area contributed by atoms with Crippen molar-refractivity contribution in [1.29, 1.82) is 0 Å². The van der Waals surface area contributed by atoms with Crippen molar-refractivity contribution in [3.05, 3.63) is 69.2 Å². The molecular weight excluding hydrogens is 394 g/mol. The van der Waals surface area contributed by atoms with Crippen molar-refractivity contribution >= 4 is 40.9 Å². The molecule has 25 heavy (non-hydrogen) atoms. The maximum absolute atomic E-state index is 12.9. The number of carbonyl (C=O) groups excluding carboxylic acids is 1. The first-order chi connectivity index (χ1) is 11.8. The molecule has 0 N–H and O–H groups in total. The fourth-order valence-electron chi connectivity index (χ4n) is 2.63. The summed E-state index contributed by atoms with van der Waals surface area (Å²) >= 11 is 13.6. The van der Waals surface area contributed by atoms with Gasteiger partial charge in [0.15, 0.2) is 0 Å². The summed E-state index contributed by atoms with van der Waals surface area (Å²) in [6.45, 7) is 0.434. The molecule has 132 valence electrons. The number of carbonyl (C=O) groups is 1. The van der Waals surface area contributed by atoms with Crippen LogP contribution in [0.4, 0.5) is 13.2 Å². The first-order valence-electron chi connectivity index (χ1n) is 7.32. The van der Waals surface area contributed by atoms with Gasteiger partial charge in [-0.2, -0.15) is 13.2 Å². The largest absolute Gasteiger partial charge is 0.416 e. The Hall–Kier alpha value is -1.37. The maximum atomic E-state index is 12.9. The molecule has 1 amide bonds. The minimum absolute atomic E-state index is 0.00686. The standard InChI is InChI=1S/C17H12Cl2F3NOS/c18-12-4-5-13(14(19)9-12)16-23(6-7-25-16)15(24)10-2-1-3-11(8-10)17(20,21)22/h1-5,8-9,16H,6-7H2/t16-/m0/s1. The van der Waals surface area contributed by atoms with Gasteiger partial charge >= 0.3 is 6.18 Å². The van der Waals surface area contributed by atoms with Gasteiger partial charge in [0.05, 0.1) is 5.56 Å². The van der Waals surface area contributed by atoms with Crippen LogP contribution in [0.3, 0.4) is 0 Å². The van der Waals surface area contributed by atoms with Crippen LogP contribution in [0, 0.1) is 0 Å². The Labute approximate surface area is 156 Å². The van der Waals surface area contributed by atoms with Gasteiger partial charge in [-0.05, 0) is 30.3 Å². The number of halogens is 5. The number of thioether (sulfide) groups is 1.